The van der Waals surface area contributed by atoms with Crippen molar-refractivity contribution in [2.45, 2.75) is 12.5 Å². The van der Waals surface area contributed by atoms with Crippen molar-refractivity contribution in [3.05, 3.63) is 40.6 Å². The molecular weight excluding hydrogens is 383 g/mol. The topological polar surface area (TPSA) is 101 Å². The number of nitrogens with zero attached hydrogens (tertiary/aromatic N) is 1. The fourth-order valence-corrected chi connectivity index (χ4v) is 5.18. The number of carbonyl (C=O) groups excluding carboxylic acids is 3. The van der Waals surface area contributed by atoms with Gasteiger partial charge in [-0.1, -0.05) is 12.1 Å². The predicted octanol–water partition coefficient (Wildman–Crippen LogP) is 1.17. The zero-order valence-electron chi connectivity index (χ0n) is 13.5. The minimum absolute atomic E-state index is 0.0138. The maximum absolute atomic E-state index is 12.9. The second-order valence-corrected chi connectivity index (χ2v) is 9.21. The molecule has 0 aromatic heterocycles. The van der Waals surface area contributed by atoms with Crippen molar-refractivity contribution in [3.63, 3.8) is 0 Å². The number of hydrogen-bond donors (Lipinski definition) is 1. The molecule has 2 aliphatic heterocycles. The smallest absolute Gasteiger partial charge is 0.294 e. The maximum atomic E-state index is 12.9. The molecule has 10 heteroatoms. The summed E-state index contributed by atoms with van der Waals surface area (Å²) >= 11 is 0.694. The van der Waals surface area contributed by atoms with Gasteiger partial charge in [0.1, 0.15) is 12.4 Å². The van der Waals surface area contributed by atoms with Crippen LogP contribution in [0, 0.1) is 5.82 Å². The molecule has 3 rings (SSSR count). The molecule has 1 aromatic rings. The quantitative estimate of drug-likeness (QED) is 0.764. The molecular formula is C16H15FN2O5S2. The van der Waals surface area contributed by atoms with Gasteiger partial charge in [0.25, 0.3) is 11.1 Å². The number of amides is 3. The molecule has 2 saturated heterocycles. The standard InChI is InChI=1S/C16H15FN2O5S2/c17-11-3-1-10(2-4-11)7-13-15(21)19(16(22)25-13)8-14(20)18-12-5-6-26(23,24)9-12/h1-4,7,12H,5-6,8-9H2,(H,18,20)/b13-7-. The Morgan fingerprint density at radius 2 is 2.00 bits per heavy atom. The van der Waals surface area contributed by atoms with Crippen molar-refractivity contribution in [3.8, 4) is 0 Å². The summed E-state index contributed by atoms with van der Waals surface area (Å²) in [6.07, 6.45) is 1.77. The molecule has 0 radical (unpaired) electrons. The van der Waals surface area contributed by atoms with Crippen LogP contribution in [-0.4, -0.2) is 54.5 Å². The Bertz CT molecular complexity index is 896. The van der Waals surface area contributed by atoms with Crippen molar-refractivity contribution in [1.82, 2.24) is 10.2 Å². The SMILES string of the molecule is O=C(CN1C(=O)S/C(=C\c2ccc(F)cc2)C1=O)NC1CCS(=O)(=O)C1. The predicted molar refractivity (Wildman–Crippen MR) is 94.3 cm³/mol. The van der Waals surface area contributed by atoms with Crippen molar-refractivity contribution in [2.24, 2.45) is 0 Å². The van der Waals surface area contributed by atoms with Gasteiger partial charge in [-0.3, -0.25) is 19.3 Å². The molecule has 1 aromatic carbocycles. The molecule has 0 aliphatic carbocycles. The molecule has 3 amide bonds. The first-order valence-electron chi connectivity index (χ1n) is 7.74. The van der Waals surface area contributed by atoms with Gasteiger partial charge in [0.05, 0.1) is 16.4 Å². The number of hydrogen-bond acceptors (Lipinski definition) is 6. The molecule has 0 bridgehead atoms. The van der Waals surface area contributed by atoms with Crippen LogP contribution in [-0.2, 0) is 19.4 Å². The maximum Gasteiger partial charge on any atom is 0.294 e. The van der Waals surface area contributed by atoms with Gasteiger partial charge in [-0.15, -0.1) is 0 Å². The van der Waals surface area contributed by atoms with Crippen LogP contribution in [0.5, 0.6) is 0 Å². The van der Waals surface area contributed by atoms with E-state index >= 15 is 0 Å². The number of benzene rings is 1. The molecule has 1 atom stereocenters. The van der Waals surface area contributed by atoms with E-state index in [4.69, 9.17) is 0 Å². The van der Waals surface area contributed by atoms with Crippen LogP contribution in [0.4, 0.5) is 9.18 Å². The number of thioether (sulfide) groups is 1. The third kappa shape index (κ3) is 4.31. The summed E-state index contributed by atoms with van der Waals surface area (Å²) in [7, 11) is -3.14. The van der Waals surface area contributed by atoms with Gasteiger partial charge in [0, 0.05) is 6.04 Å². The van der Waals surface area contributed by atoms with Gasteiger partial charge in [0.2, 0.25) is 5.91 Å². The normalized spacial score (nSPS) is 23.7. The van der Waals surface area contributed by atoms with E-state index in [1.807, 2.05) is 0 Å². The van der Waals surface area contributed by atoms with E-state index in [1.54, 1.807) is 0 Å². The Hall–Kier alpha value is -2.20. The molecule has 2 aliphatic rings. The third-order valence-electron chi connectivity index (χ3n) is 3.94. The van der Waals surface area contributed by atoms with E-state index < -0.39 is 45.3 Å². The lowest BCUT2D eigenvalue weighted by Gasteiger charge is -2.15. The van der Waals surface area contributed by atoms with Crippen LogP contribution in [0.2, 0.25) is 0 Å². The Morgan fingerprint density at radius 1 is 1.31 bits per heavy atom. The molecule has 26 heavy (non-hydrogen) atoms. The van der Waals surface area contributed by atoms with E-state index in [1.165, 1.54) is 30.3 Å². The lowest BCUT2D eigenvalue weighted by molar-refractivity contribution is -0.129. The lowest BCUT2D eigenvalue weighted by atomic mass is 10.2. The highest BCUT2D eigenvalue weighted by molar-refractivity contribution is 8.18. The minimum atomic E-state index is -3.14. The van der Waals surface area contributed by atoms with Gasteiger partial charge in [-0.05, 0) is 42.0 Å². The van der Waals surface area contributed by atoms with Crippen LogP contribution >= 0.6 is 11.8 Å². The molecule has 0 spiro atoms. The van der Waals surface area contributed by atoms with E-state index in [-0.39, 0.29) is 16.4 Å². The monoisotopic (exact) mass is 398 g/mol. The highest BCUT2D eigenvalue weighted by Crippen LogP contribution is 2.32. The largest absolute Gasteiger partial charge is 0.351 e. The highest BCUT2D eigenvalue weighted by Gasteiger charge is 2.37. The Balaban J connectivity index is 1.63. The summed E-state index contributed by atoms with van der Waals surface area (Å²) in [5.74, 6) is -1.73. The van der Waals surface area contributed by atoms with Crippen LogP contribution in [0.3, 0.4) is 0 Å². The van der Waals surface area contributed by atoms with Crippen LogP contribution in [0.1, 0.15) is 12.0 Å². The summed E-state index contributed by atoms with van der Waals surface area (Å²) in [5.41, 5.74) is 0.553. The number of halogens is 1. The van der Waals surface area contributed by atoms with E-state index in [0.29, 0.717) is 23.7 Å². The lowest BCUT2D eigenvalue weighted by Crippen LogP contribution is -2.43. The van der Waals surface area contributed by atoms with Crippen molar-refractivity contribution in [2.75, 3.05) is 18.1 Å². The van der Waals surface area contributed by atoms with Crippen LogP contribution < -0.4 is 5.32 Å². The zero-order chi connectivity index (χ0) is 18.9. The van der Waals surface area contributed by atoms with Crippen molar-refractivity contribution >= 4 is 44.7 Å². The first kappa shape index (κ1) is 18.6. The number of sulfone groups is 1. The Morgan fingerprint density at radius 3 is 2.62 bits per heavy atom. The molecule has 1 N–H and O–H groups in total. The average Bonchev–Trinajstić information content (AvgIpc) is 3.03. The number of rotatable bonds is 4. The van der Waals surface area contributed by atoms with Gasteiger partial charge in [-0.25, -0.2) is 12.8 Å². The average molecular weight is 398 g/mol. The van der Waals surface area contributed by atoms with Crippen molar-refractivity contribution in [1.29, 1.82) is 0 Å². The number of imide groups is 1. The number of nitrogens with one attached hydrogen (secondary N) is 1. The second-order valence-electron chi connectivity index (χ2n) is 5.99. The van der Waals surface area contributed by atoms with Crippen LogP contribution in [0.25, 0.3) is 6.08 Å². The summed E-state index contributed by atoms with van der Waals surface area (Å²) in [6.45, 7) is -0.470. The molecule has 7 nitrogen and oxygen atoms in total. The number of carbonyl (C=O) groups is 3. The Labute approximate surface area is 153 Å². The van der Waals surface area contributed by atoms with Gasteiger partial charge in [-0.2, -0.15) is 0 Å². The Kier molecular flexibility index (Phi) is 5.15. The molecule has 0 saturated carbocycles. The van der Waals surface area contributed by atoms with E-state index in [0.717, 1.165) is 4.90 Å². The van der Waals surface area contributed by atoms with E-state index in [9.17, 15) is 27.2 Å². The molecule has 138 valence electrons. The molecule has 2 fully saturated rings. The summed E-state index contributed by atoms with van der Waals surface area (Å²) in [6, 6.07) is 4.91. The highest BCUT2D eigenvalue weighted by atomic mass is 32.2. The van der Waals surface area contributed by atoms with Crippen molar-refractivity contribution < 1.29 is 27.2 Å². The summed E-state index contributed by atoms with van der Waals surface area (Å²) < 4.78 is 35.7. The second kappa shape index (κ2) is 7.20. The third-order valence-corrected chi connectivity index (χ3v) is 6.62. The van der Waals surface area contributed by atoms with Crippen LogP contribution in [0.15, 0.2) is 29.2 Å². The fraction of sp³-hybridized carbons (Fsp3) is 0.312. The van der Waals surface area contributed by atoms with E-state index in [2.05, 4.69) is 5.32 Å². The zero-order valence-corrected chi connectivity index (χ0v) is 15.1. The first-order valence-corrected chi connectivity index (χ1v) is 10.4. The molecule has 1 unspecified atom stereocenters. The first-order chi connectivity index (χ1) is 12.2. The van der Waals surface area contributed by atoms with Gasteiger partial charge < -0.3 is 5.32 Å². The molecule has 2 heterocycles. The summed E-state index contributed by atoms with van der Waals surface area (Å²) in [5, 5.41) is 1.95. The fourth-order valence-electron chi connectivity index (χ4n) is 2.67. The van der Waals surface area contributed by atoms with Gasteiger partial charge in [0.15, 0.2) is 9.84 Å². The van der Waals surface area contributed by atoms with Gasteiger partial charge >= 0.3 is 0 Å². The summed E-state index contributed by atoms with van der Waals surface area (Å²) in [4.78, 5) is 37.3. The minimum Gasteiger partial charge on any atom is -0.351 e.